The molecule has 0 bridgehead atoms. The summed E-state index contributed by atoms with van der Waals surface area (Å²) in [4.78, 5) is 13.5. The lowest BCUT2D eigenvalue weighted by atomic mass is 10.2. The maximum Gasteiger partial charge on any atom is 0.298 e. The number of rotatable bonds is 4. The number of carbonyl (C=O) groups is 1. The fourth-order valence-electron chi connectivity index (χ4n) is 1.91. The highest BCUT2D eigenvalue weighted by molar-refractivity contribution is 5.93. The fourth-order valence-corrected chi connectivity index (χ4v) is 1.91. The molecule has 0 aromatic heterocycles. The fraction of sp³-hybridized carbons (Fsp3) is 0.750. The lowest BCUT2D eigenvalue weighted by molar-refractivity contribution is -0.125. The summed E-state index contributed by atoms with van der Waals surface area (Å²) in [5.41, 5.74) is 0. The molecule has 3 heteroatoms. The van der Waals surface area contributed by atoms with Crippen LogP contribution in [0, 0.1) is 11.8 Å². The average molecular weight is 208 g/mol. The lowest BCUT2D eigenvalue weighted by Crippen LogP contribution is -2.41. The molecule has 1 fully saturated rings. The third kappa shape index (κ3) is 3.93. The van der Waals surface area contributed by atoms with Gasteiger partial charge in [-0.15, -0.1) is 0 Å². The van der Waals surface area contributed by atoms with Crippen LogP contribution < -0.4 is 5.32 Å². The molecule has 0 aromatic rings. The summed E-state index contributed by atoms with van der Waals surface area (Å²) in [6.07, 6.45) is 3.38. The van der Waals surface area contributed by atoms with Gasteiger partial charge in [-0.05, 0) is 38.7 Å². The van der Waals surface area contributed by atoms with Crippen LogP contribution in [-0.4, -0.2) is 36.5 Å². The zero-order valence-corrected chi connectivity index (χ0v) is 9.68. The first-order chi connectivity index (χ1) is 7.27. The van der Waals surface area contributed by atoms with Crippen LogP contribution in [0.3, 0.4) is 0 Å². The van der Waals surface area contributed by atoms with E-state index >= 15 is 0 Å². The van der Waals surface area contributed by atoms with Gasteiger partial charge >= 0.3 is 0 Å². The van der Waals surface area contributed by atoms with Gasteiger partial charge in [0.25, 0.3) is 5.91 Å². The maximum atomic E-state index is 11.6. The zero-order chi connectivity index (χ0) is 11.1. The van der Waals surface area contributed by atoms with Crippen molar-refractivity contribution < 1.29 is 4.79 Å². The molecule has 0 radical (unpaired) electrons. The highest BCUT2D eigenvalue weighted by Gasteiger charge is 2.19. The van der Waals surface area contributed by atoms with Crippen LogP contribution in [0.5, 0.6) is 0 Å². The molecular formula is C12H20N2O. The van der Waals surface area contributed by atoms with Gasteiger partial charge in [0.15, 0.2) is 0 Å². The Morgan fingerprint density at radius 1 is 1.60 bits per heavy atom. The molecule has 15 heavy (non-hydrogen) atoms. The normalized spacial score (nSPS) is 19.5. The summed E-state index contributed by atoms with van der Waals surface area (Å²) in [5.74, 6) is 5.25. The van der Waals surface area contributed by atoms with Crippen molar-refractivity contribution >= 4 is 5.91 Å². The van der Waals surface area contributed by atoms with Crippen LogP contribution in [-0.2, 0) is 4.79 Å². The predicted molar refractivity (Wildman–Crippen MR) is 61.3 cm³/mol. The zero-order valence-electron chi connectivity index (χ0n) is 9.68. The minimum Gasteiger partial charge on any atom is -0.330 e. The first kappa shape index (κ1) is 12.1. The van der Waals surface area contributed by atoms with E-state index in [4.69, 9.17) is 0 Å². The molecule has 3 nitrogen and oxygen atoms in total. The molecule has 1 saturated heterocycles. The quantitative estimate of drug-likeness (QED) is 0.699. The van der Waals surface area contributed by atoms with Gasteiger partial charge in [0.05, 0.1) is 0 Å². The first-order valence-electron chi connectivity index (χ1n) is 5.73. The van der Waals surface area contributed by atoms with Gasteiger partial charge in [0, 0.05) is 19.1 Å². The Morgan fingerprint density at radius 3 is 2.93 bits per heavy atom. The molecular weight excluding hydrogens is 188 g/mol. The molecule has 1 unspecified atom stereocenters. The minimum absolute atomic E-state index is 0.0342. The Morgan fingerprint density at radius 2 is 2.40 bits per heavy atom. The van der Waals surface area contributed by atoms with Crippen molar-refractivity contribution in [1.82, 2.24) is 10.2 Å². The van der Waals surface area contributed by atoms with E-state index in [0.717, 1.165) is 26.1 Å². The number of nitrogens with one attached hydrogen (secondary N) is 1. The Labute approximate surface area is 92.2 Å². The van der Waals surface area contributed by atoms with E-state index in [-0.39, 0.29) is 5.91 Å². The molecule has 0 saturated carbocycles. The van der Waals surface area contributed by atoms with E-state index in [0.29, 0.717) is 6.04 Å². The monoisotopic (exact) mass is 208 g/mol. The molecule has 0 spiro atoms. The summed E-state index contributed by atoms with van der Waals surface area (Å²) >= 11 is 0. The third-order valence-electron chi connectivity index (χ3n) is 2.62. The highest BCUT2D eigenvalue weighted by Crippen LogP contribution is 2.07. The molecule has 0 aromatic carbocycles. The maximum absolute atomic E-state index is 11.6. The van der Waals surface area contributed by atoms with Crippen LogP contribution in [0.2, 0.25) is 0 Å². The van der Waals surface area contributed by atoms with Gasteiger partial charge in [-0.3, -0.25) is 4.79 Å². The summed E-state index contributed by atoms with van der Waals surface area (Å²) in [7, 11) is 0. The van der Waals surface area contributed by atoms with Crippen molar-refractivity contribution in [3.63, 3.8) is 0 Å². The van der Waals surface area contributed by atoms with E-state index in [1.807, 2.05) is 4.90 Å². The molecule has 1 N–H and O–H groups in total. The van der Waals surface area contributed by atoms with Crippen LogP contribution in [0.15, 0.2) is 0 Å². The van der Waals surface area contributed by atoms with E-state index in [1.54, 1.807) is 6.92 Å². The summed E-state index contributed by atoms with van der Waals surface area (Å²) in [5, 5.41) is 3.40. The second-order valence-electron chi connectivity index (χ2n) is 3.92. The Balaban J connectivity index is 2.47. The average Bonchev–Trinajstić information content (AvgIpc) is 2.70. The van der Waals surface area contributed by atoms with Gasteiger partial charge in [-0.2, -0.15) is 0 Å². The lowest BCUT2D eigenvalue weighted by Gasteiger charge is -2.23. The van der Waals surface area contributed by atoms with Crippen molar-refractivity contribution in [3.05, 3.63) is 0 Å². The van der Waals surface area contributed by atoms with Crippen LogP contribution in [0.1, 0.15) is 33.1 Å². The van der Waals surface area contributed by atoms with Gasteiger partial charge in [-0.1, -0.05) is 12.8 Å². The van der Waals surface area contributed by atoms with Gasteiger partial charge in [0.2, 0.25) is 0 Å². The SMILES string of the molecule is CC#CC(=O)N(CCC)CC1CCCN1. The standard InChI is InChI=1S/C12H20N2O/c1-3-6-12(15)14(9-4-2)10-11-7-5-8-13-11/h11,13H,4-5,7-10H2,1-2H3. The van der Waals surface area contributed by atoms with Crippen molar-refractivity contribution in [2.24, 2.45) is 0 Å². The van der Waals surface area contributed by atoms with Crippen molar-refractivity contribution in [2.75, 3.05) is 19.6 Å². The largest absolute Gasteiger partial charge is 0.330 e. The van der Waals surface area contributed by atoms with E-state index in [2.05, 4.69) is 24.1 Å². The van der Waals surface area contributed by atoms with Crippen molar-refractivity contribution in [1.29, 1.82) is 0 Å². The number of nitrogens with zero attached hydrogens (tertiary/aromatic N) is 1. The summed E-state index contributed by atoms with van der Waals surface area (Å²) < 4.78 is 0. The van der Waals surface area contributed by atoms with Gasteiger partial charge in [0.1, 0.15) is 0 Å². The smallest absolute Gasteiger partial charge is 0.298 e. The molecule has 1 amide bonds. The van der Waals surface area contributed by atoms with Gasteiger partial charge < -0.3 is 10.2 Å². The van der Waals surface area contributed by atoms with E-state index in [1.165, 1.54) is 12.8 Å². The third-order valence-corrected chi connectivity index (χ3v) is 2.62. The van der Waals surface area contributed by atoms with E-state index < -0.39 is 0 Å². The molecule has 1 aliphatic heterocycles. The molecule has 1 heterocycles. The summed E-state index contributed by atoms with van der Waals surface area (Å²) in [6.45, 7) is 6.49. The topological polar surface area (TPSA) is 32.3 Å². The Hall–Kier alpha value is -1.01. The molecule has 1 atom stereocenters. The van der Waals surface area contributed by atoms with Crippen LogP contribution in [0.25, 0.3) is 0 Å². The Bertz CT molecular complexity index is 259. The Kier molecular flexibility index (Phi) is 5.20. The number of hydrogen-bond acceptors (Lipinski definition) is 2. The van der Waals surface area contributed by atoms with Crippen LogP contribution in [0.4, 0.5) is 0 Å². The van der Waals surface area contributed by atoms with Gasteiger partial charge in [-0.25, -0.2) is 0 Å². The van der Waals surface area contributed by atoms with Crippen molar-refractivity contribution in [3.8, 4) is 11.8 Å². The van der Waals surface area contributed by atoms with Crippen molar-refractivity contribution in [2.45, 2.75) is 39.2 Å². The highest BCUT2D eigenvalue weighted by atomic mass is 16.2. The molecule has 1 rings (SSSR count). The number of hydrogen-bond donors (Lipinski definition) is 1. The second-order valence-corrected chi connectivity index (χ2v) is 3.92. The van der Waals surface area contributed by atoms with Crippen LogP contribution >= 0.6 is 0 Å². The molecule has 84 valence electrons. The molecule has 1 aliphatic rings. The minimum atomic E-state index is -0.0342. The number of carbonyl (C=O) groups excluding carboxylic acids is 1. The predicted octanol–water partition coefficient (Wildman–Crippen LogP) is 1.00. The molecule has 0 aliphatic carbocycles. The first-order valence-corrected chi connectivity index (χ1v) is 5.73. The number of amides is 1. The second kappa shape index (κ2) is 6.47. The summed E-state index contributed by atoms with van der Waals surface area (Å²) in [6, 6.07) is 0.471. The van der Waals surface area contributed by atoms with E-state index in [9.17, 15) is 4.79 Å².